The fourth-order valence-electron chi connectivity index (χ4n) is 0.400. The van der Waals surface area contributed by atoms with Crippen LogP contribution in [0.5, 0.6) is 0 Å². The number of carbonyl (C=O) groups is 1. The van der Waals surface area contributed by atoms with Gasteiger partial charge in [-0.3, -0.25) is 0 Å². The summed E-state index contributed by atoms with van der Waals surface area (Å²) in [6, 6.07) is 0. The molecule has 0 bridgehead atoms. The molecule has 0 saturated carbocycles. The lowest BCUT2D eigenvalue weighted by molar-refractivity contribution is -0.147. The molecule has 0 amide bonds. The molecule has 0 aliphatic rings. The monoisotopic (exact) mass is 166 g/mol. The predicted octanol–water partition coefficient (Wildman–Crippen LogP) is 0.805. The van der Waals surface area contributed by atoms with Gasteiger partial charge < -0.3 is 9.47 Å². The molecule has 0 atom stereocenters. The summed E-state index contributed by atoms with van der Waals surface area (Å²) in [5.74, 6) is 0.174. The third-order valence-corrected chi connectivity index (χ3v) is 1.07. The largest absolute Gasteiger partial charge is 0.464 e. The Balaban J connectivity index is 3.05. The van der Waals surface area contributed by atoms with Crippen molar-refractivity contribution in [3.8, 4) is 0 Å². The molecule has 0 rings (SSSR count). The van der Waals surface area contributed by atoms with E-state index in [9.17, 15) is 4.79 Å². The quantitative estimate of drug-likeness (QED) is 0.345. The van der Waals surface area contributed by atoms with Crippen LogP contribution in [-0.4, -0.2) is 32.2 Å². The first-order valence-electron chi connectivity index (χ1n) is 3.01. The molecule has 0 spiro atoms. The topological polar surface area (TPSA) is 35.5 Å². The number of esters is 1. The fourth-order valence-corrected chi connectivity index (χ4v) is 0.509. The minimum absolute atomic E-state index is 0.0162. The summed E-state index contributed by atoms with van der Waals surface area (Å²) in [6.07, 6.45) is 0.691. The lowest BCUT2D eigenvalue weighted by atomic mass is 10.5. The minimum atomic E-state index is -0.340. The summed E-state index contributed by atoms with van der Waals surface area (Å²) in [5.41, 5.74) is 0. The number of ether oxygens (including phenoxy) is 2. The highest BCUT2D eigenvalue weighted by molar-refractivity contribution is 6.17. The summed E-state index contributed by atoms with van der Waals surface area (Å²) < 4.78 is 9.20. The first-order valence-corrected chi connectivity index (χ1v) is 3.55. The predicted molar refractivity (Wildman–Crippen MR) is 38.2 cm³/mol. The van der Waals surface area contributed by atoms with Crippen molar-refractivity contribution in [1.29, 1.82) is 0 Å². The van der Waals surface area contributed by atoms with E-state index in [1.165, 1.54) is 7.11 Å². The molecular weight excluding hydrogens is 156 g/mol. The van der Waals surface area contributed by atoms with Gasteiger partial charge in [-0.2, -0.15) is 0 Å². The summed E-state index contributed by atoms with van der Waals surface area (Å²) >= 11 is 5.34. The molecule has 0 aromatic rings. The van der Waals surface area contributed by atoms with Crippen LogP contribution in [0, 0.1) is 0 Å². The van der Waals surface area contributed by atoms with Gasteiger partial charge in [0.15, 0.2) is 0 Å². The third kappa shape index (κ3) is 5.85. The summed E-state index contributed by atoms with van der Waals surface area (Å²) in [5, 5.41) is 0. The summed E-state index contributed by atoms with van der Waals surface area (Å²) in [6.45, 7) is 0.397. The number of hydrogen-bond acceptors (Lipinski definition) is 3. The maximum absolute atomic E-state index is 10.5. The van der Waals surface area contributed by atoms with Crippen molar-refractivity contribution < 1.29 is 14.3 Å². The van der Waals surface area contributed by atoms with Crippen LogP contribution in [0.3, 0.4) is 0 Å². The molecule has 0 aliphatic heterocycles. The van der Waals surface area contributed by atoms with Crippen molar-refractivity contribution in [1.82, 2.24) is 0 Å². The van der Waals surface area contributed by atoms with Crippen molar-refractivity contribution in [2.45, 2.75) is 6.42 Å². The molecule has 0 fully saturated rings. The first-order chi connectivity index (χ1) is 4.81. The van der Waals surface area contributed by atoms with Crippen molar-refractivity contribution in [3.05, 3.63) is 0 Å². The molecule has 0 N–H and O–H groups in total. The number of methoxy groups -OCH3 is 1. The van der Waals surface area contributed by atoms with Crippen LogP contribution in [0.25, 0.3) is 0 Å². The number of rotatable bonds is 5. The van der Waals surface area contributed by atoms with E-state index >= 15 is 0 Å². The van der Waals surface area contributed by atoms with Crippen LogP contribution in [0.15, 0.2) is 0 Å². The first kappa shape index (κ1) is 9.72. The molecule has 0 aromatic carbocycles. The van der Waals surface area contributed by atoms with Crippen LogP contribution in [0.2, 0.25) is 0 Å². The number of alkyl halides is 1. The molecule has 10 heavy (non-hydrogen) atoms. The van der Waals surface area contributed by atoms with Crippen LogP contribution in [0.4, 0.5) is 0 Å². The van der Waals surface area contributed by atoms with Crippen molar-refractivity contribution in [2.24, 2.45) is 0 Å². The van der Waals surface area contributed by atoms with Gasteiger partial charge in [0.05, 0.1) is 6.61 Å². The van der Waals surface area contributed by atoms with Crippen LogP contribution >= 0.6 is 11.6 Å². The van der Waals surface area contributed by atoms with Crippen LogP contribution in [-0.2, 0) is 14.3 Å². The van der Waals surface area contributed by atoms with Crippen LogP contribution < -0.4 is 0 Å². The van der Waals surface area contributed by atoms with Crippen molar-refractivity contribution in [3.63, 3.8) is 0 Å². The van der Waals surface area contributed by atoms with Crippen molar-refractivity contribution >= 4 is 17.6 Å². The molecular formula is C6H11ClO3. The van der Waals surface area contributed by atoms with Gasteiger partial charge in [-0.25, -0.2) is 4.79 Å². The standard InChI is InChI=1S/C6H11ClO3/c1-9-5-6(8)10-4-2-3-7/h2-5H2,1H3. The normalized spacial score (nSPS) is 9.40. The summed E-state index contributed by atoms with van der Waals surface area (Å²) in [7, 11) is 1.45. The van der Waals surface area contributed by atoms with Crippen LogP contribution in [0.1, 0.15) is 6.42 Å². The molecule has 60 valence electrons. The van der Waals surface area contributed by atoms with E-state index in [4.69, 9.17) is 11.6 Å². The molecule has 0 unspecified atom stereocenters. The maximum atomic E-state index is 10.5. The van der Waals surface area contributed by atoms with Gasteiger partial charge in [-0.05, 0) is 6.42 Å². The van der Waals surface area contributed by atoms with Gasteiger partial charge in [-0.15, -0.1) is 11.6 Å². The Labute approximate surface area is 65.3 Å². The second-order valence-corrected chi connectivity index (χ2v) is 2.07. The summed E-state index contributed by atoms with van der Waals surface area (Å²) in [4.78, 5) is 10.5. The Bertz CT molecular complexity index is 95.0. The van der Waals surface area contributed by atoms with E-state index in [0.29, 0.717) is 18.9 Å². The van der Waals surface area contributed by atoms with E-state index in [0.717, 1.165) is 0 Å². The SMILES string of the molecule is COCC(=O)OCCCCl. The van der Waals surface area contributed by atoms with Gasteiger partial charge in [0.1, 0.15) is 6.61 Å². The smallest absolute Gasteiger partial charge is 0.332 e. The number of halogens is 1. The molecule has 0 saturated heterocycles. The number of carbonyl (C=O) groups excluding carboxylic acids is 1. The maximum Gasteiger partial charge on any atom is 0.332 e. The molecule has 3 nitrogen and oxygen atoms in total. The molecule has 0 aromatic heterocycles. The lowest BCUT2D eigenvalue weighted by Crippen LogP contribution is -2.11. The molecule has 0 aliphatic carbocycles. The van der Waals surface area contributed by atoms with Crippen molar-refractivity contribution in [2.75, 3.05) is 26.2 Å². The Hall–Kier alpha value is -0.280. The van der Waals surface area contributed by atoms with E-state index in [2.05, 4.69) is 9.47 Å². The minimum Gasteiger partial charge on any atom is -0.464 e. The average molecular weight is 167 g/mol. The molecule has 0 radical (unpaired) electrons. The average Bonchev–Trinajstić information content (AvgIpc) is 1.89. The van der Waals surface area contributed by atoms with Gasteiger partial charge in [0.2, 0.25) is 0 Å². The fraction of sp³-hybridized carbons (Fsp3) is 0.833. The Kier molecular flexibility index (Phi) is 6.64. The molecule has 0 heterocycles. The van der Waals surface area contributed by atoms with Gasteiger partial charge in [-0.1, -0.05) is 0 Å². The lowest BCUT2D eigenvalue weighted by Gasteiger charge is -2.00. The highest BCUT2D eigenvalue weighted by atomic mass is 35.5. The van der Waals surface area contributed by atoms with Gasteiger partial charge >= 0.3 is 5.97 Å². The van der Waals surface area contributed by atoms with Gasteiger partial charge in [0, 0.05) is 13.0 Å². The van der Waals surface area contributed by atoms with E-state index in [-0.39, 0.29) is 12.6 Å². The van der Waals surface area contributed by atoms with E-state index in [1.54, 1.807) is 0 Å². The second kappa shape index (κ2) is 6.83. The zero-order valence-corrected chi connectivity index (χ0v) is 6.69. The zero-order chi connectivity index (χ0) is 7.82. The molecule has 4 heteroatoms. The highest BCUT2D eigenvalue weighted by Crippen LogP contribution is 1.87. The third-order valence-electron chi connectivity index (χ3n) is 0.803. The highest BCUT2D eigenvalue weighted by Gasteiger charge is 1.98. The Morgan fingerprint density at radius 2 is 2.30 bits per heavy atom. The van der Waals surface area contributed by atoms with Gasteiger partial charge in [0.25, 0.3) is 0 Å². The van der Waals surface area contributed by atoms with E-state index < -0.39 is 0 Å². The second-order valence-electron chi connectivity index (χ2n) is 1.70. The van der Waals surface area contributed by atoms with E-state index in [1.807, 2.05) is 0 Å². The zero-order valence-electron chi connectivity index (χ0n) is 5.93. The Morgan fingerprint density at radius 3 is 2.80 bits per heavy atom. The number of hydrogen-bond donors (Lipinski definition) is 0. The Morgan fingerprint density at radius 1 is 1.60 bits per heavy atom.